The molecule has 2 aliphatic heterocycles. The molecule has 2 fully saturated rings. The normalized spacial score (nSPS) is 24.7. The lowest BCUT2D eigenvalue weighted by Crippen LogP contribution is -2.39. The van der Waals surface area contributed by atoms with Crippen LogP contribution in [-0.4, -0.2) is 60.8 Å². The molecule has 0 radical (unpaired) electrons. The minimum absolute atomic E-state index is 0.00466. The minimum atomic E-state index is -0.550. The first-order valence-corrected chi connectivity index (χ1v) is 8.09. The molecule has 126 valence electrons. The lowest BCUT2D eigenvalue weighted by molar-refractivity contribution is -0.122. The number of halogens is 1. The predicted octanol–water partition coefficient (Wildman–Crippen LogP) is 0.969. The molecule has 0 bridgehead atoms. The molecule has 6 nitrogen and oxygen atoms in total. The molecule has 2 unspecified atom stereocenters. The second-order valence-electron chi connectivity index (χ2n) is 6.00. The van der Waals surface area contributed by atoms with Gasteiger partial charge in [-0.3, -0.25) is 9.69 Å². The SMILES string of the molecule is O=C(CN1CCC(Oc2cccc(F)n2)C1)NCC1CCCO1. The average Bonchev–Trinajstić information content (AvgIpc) is 3.17. The lowest BCUT2D eigenvalue weighted by atomic mass is 10.2. The monoisotopic (exact) mass is 323 g/mol. The fraction of sp³-hybridized carbons (Fsp3) is 0.625. The molecule has 2 aliphatic rings. The third-order valence-electron chi connectivity index (χ3n) is 4.12. The number of hydrogen-bond acceptors (Lipinski definition) is 5. The number of pyridine rings is 1. The van der Waals surface area contributed by atoms with Crippen molar-refractivity contribution < 1.29 is 18.7 Å². The summed E-state index contributed by atoms with van der Waals surface area (Å²) in [5.74, 6) is -0.254. The Morgan fingerprint density at radius 1 is 1.48 bits per heavy atom. The van der Waals surface area contributed by atoms with Crippen molar-refractivity contribution in [3.05, 3.63) is 24.1 Å². The molecule has 7 heteroatoms. The van der Waals surface area contributed by atoms with Crippen LogP contribution in [0.4, 0.5) is 4.39 Å². The Morgan fingerprint density at radius 2 is 2.39 bits per heavy atom. The van der Waals surface area contributed by atoms with E-state index in [2.05, 4.69) is 10.3 Å². The number of aromatic nitrogens is 1. The number of likely N-dealkylation sites (tertiary alicyclic amines) is 1. The van der Waals surface area contributed by atoms with E-state index in [1.54, 1.807) is 12.1 Å². The molecule has 3 rings (SSSR count). The fourth-order valence-electron chi connectivity index (χ4n) is 2.95. The van der Waals surface area contributed by atoms with Crippen LogP contribution < -0.4 is 10.1 Å². The molecule has 1 N–H and O–H groups in total. The van der Waals surface area contributed by atoms with Crippen molar-refractivity contribution in [2.45, 2.75) is 31.5 Å². The Balaban J connectivity index is 1.38. The van der Waals surface area contributed by atoms with Crippen LogP contribution in [0.15, 0.2) is 18.2 Å². The highest BCUT2D eigenvalue weighted by molar-refractivity contribution is 5.78. The number of nitrogens with one attached hydrogen (secondary N) is 1. The van der Waals surface area contributed by atoms with Crippen LogP contribution >= 0.6 is 0 Å². The molecule has 0 saturated carbocycles. The molecule has 1 amide bonds. The summed E-state index contributed by atoms with van der Waals surface area (Å²) in [7, 11) is 0. The molecule has 2 atom stereocenters. The molecule has 23 heavy (non-hydrogen) atoms. The second kappa shape index (κ2) is 7.70. The third-order valence-corrected chi connectivity index (χ3v) is 4.12. The van der Waals surface area contributed by atoms with Gasteiger partial charge in [-0.1, -0.05) is 6.07 Å². The number of carbonyl (C=O) groups excluding carboxylic acids is 1. The quantitative estimate of drug-likeness (QED) is 0.791. The Labute approximate surface area is 135 Å². The number of amides is 1. The largest absolute Gasteiger partial charge is 0.473 e. The fourth-order valence-corrected chi connectivity index (χ4v) is 2.95. The van der Waals surface area contributed by atoms with E-state index in [1.165, 1.54) is 6.07 Å². The topological polar surface area (TPSA) is 63.7 Å². The molecule has 1 aromatic heterocycles. The zero-order valence-corrected chi connectivity index (χ0v) is 13.0. The molecular formula is C16H22FN3O3. The van der Waals surface area contributed by atoms with Crippen LogP contribution in [0, 0.1) is 5.95 Å². The van der Waals surface area contributed by atoms with Gasteiger partial charge in [0.1, 0.15) is 6.10 Å². The Hall–Kier alpha value is -1.73. The molecule has 0 aliphatic carbocycles. The van der Waals surface area contributed by atoms with Crippen LogP contribution in [0.1, 0.15) is 19.3 Å². The van der Waals surface area contributed by atoms with Gasteiger partial charge in [0, 0.05) is 32.3 Å². The lowest BCUT2D eigenvalue weighted by Gasteiger charge is -2.17. The van der Waals surface area contributed by atoms with Gasteiger partial charge in [-0.2, -0.15) is 9.37 Å². The zero-order valence-electron chi connectivity index (χ0n) is 13.0. The van der Waals surface area contributed by atoms with Gasteiger partial charge < -0.3 is 14.8 Å². The summed E-state index contributed by atoms with van der Waals surface area (Å²) >= 11 is 0. The second-order valence-corrected chi connectivity index (χ2v) is 6.00. The highest BCUT2D eigenvalue weighted by Crippen LogP contribution is 2.16. The first-order chi connectivity index (χ1) is 11.2. The number of rotatable bonds is 6. The average molecular weight is 323 g/mol. The van der Waals surface area contributed by atoms with Crippen LogP contribution in [0.5, 0.6) is 5.88 Å². The van der Waals surface area contributed by atoms with Crippen LogP contribution in [0.25, 0.3) is 0 Å². The van der Waals surface area contributed by atoms with Crippen LogP contribution in [-0.2, 0) is 9.53 Å². The number of hydrogen-bond donors (Lipinski definition) is 1. The van der Waals surface area contributed by atoms with E-state index in [9.17, 15) is 9.18 Å². The van der Waals surface area contributed by atoms with Crippen molar-refractivity contribution >= 4 is 5.91 Å². The maximum atomic E-state index is 13.0. The van der Waals surface area contributed by atoms with Crippen molar-refractivity contribution in [3.63, 3.8) is 0 Å². The van der Waals surface area contributed by atoms with Crippen molar-refractivity contribution in [1.82, 2.24) is 15.2 Å². The molecule has 2 saturated heterocycles. The summed E-state index contributed by atoms with van der Waals surface area (Å²) in [6, 6.07) is 4.50. The van der Waals surface area contributed by atoms with Crippen molar-refractivity contribution in [3.8, 4) is 5.88 Å². The van der Waals surface area contributed by atoms with E-state index in [0.29, 0.717) is 25.5 Å². The van der Waals surface area contributed by atoms with Crippen LogP contribution in [0.3, 0.4) is 0 Å². The Kier molecular flexibility index (Phi) is 5.40. The molecule has 3 heterocycles. The molecule has 1 aromatic rings. The maximum Gasteiger partial charge on any atom is 0.234 e. The van der Waals surface area contributed by atoms with E-state index in [1.807, 2.05) is 4.90 Å². The van der Waals surface area contributed by atoms with Gasteiger partial charge in [-0.15, -0.1) is 0 Å². The van der Waals surface area contributed by atoms with Gasteiger partial charge in [0.2, 0.25) is 17.7 Å². The Morgan fingerprint density at radius 3 is 3.17 bits per heavy atom. The van der Waals surface area contributed by atoms with Gasteiger partial charge in [0.15, 0.2) is 0 Å². The standard InChI is InChI=1S/C16H22FN3O3/c17-14-4-1-5-16(19-14)23-13-6-7-20(10-13)11-15(21)18-9-12-3-2-8-22-12/h1,4-5,12-13H,2-3,6-11H2,(H,18,21). The highest BCUT2D eigenvalue weighted by atomic mass is 19.1. The number of nitrogens with zero attached hydrogens (tertiary/aromatic N) is 2. The van der Waals surface area contributed by atoms with E-state index < -0.39 is 5.95 Å². The van der Waals surface area contributed by atoms with Gasteiger partial charge in [0.05, 0.1) is 12.6 Å². The maximum absolute atomic E-state index is 13.0. The van der Waals surface area contributed by atoms with E-state index in [0.717, 1.165) is 32.4 Å². The summed E-state index contributed by atoms with van der Waals surface area (Å²) in [5.41, 5.74) is 0. The molecule has 0 aromatic carbocycles. The van der Waals surface area contributed by atoms with Crippen LogP contribution in [0.2, 0.25) is 0 Å². The Bertz CT molecular complexity index is 537. The van der Waals surface area contributed by atoms with Gasteiger partial charge in [-0.05, 0) is 25.3 Å². The zero-order chi connectivity index (χ0) is 16.1. The van der Waals surface area contributed by atoms with Crippen molar-refractivity contribution in [1.29, 1.82) is 0 Å². The summed E-state index contributed by atoms with van der Waals surface area (Å²) in [4.78, 5) is 17.7. The summed E-state index contributed by atoms with van der Waals surface area (Å²) in [5, 5.41) is 2.92. The highest BCUT2D eigenvalue weighted by Gasteiger charge is 2.26. The van der Waals surface area contributed by atoms with E-state index in [-0.39, 0.29) is 18.1 Å². The minimum Gasteiger partial charge on any atom is -0.473 e. The number of carbonyl (C=O) groups is 1. The molecule has 0 spiro atoms. The summed E-state index contributed by atoms with van der Waals surface area (Å²) in [6.07, 6.45) is 2.99. The predicted molar refractivity (Wildman–Crippen MR) is 81.7 cm³/mol. The first-order valence-electron chi connectivity index (χ1n) is 8.09. The number of ether oxygens (including phenoxy) is 2. The molecular weight excluding hydrogens is 301 g/mol. The van der Waals surface area contributed by atoms with E-state index in [4.69, 9.17) is 9.47 Å². The summed E-state index contributed by atoms with van der Waals surface area (Å²) in [6.45, 7) is 3.15. The van der Waals surface area contributed by atoms with Crippen molar-refractivity contribution in [2.24, 2.45) is 0 Å². The smallest absolute Gasteiger partial charge is 0.234 e. The van der Waals surface area contributed by atoms with Crippen molar-refractivity contribution in [2.75, 3.05) is 32.8 Å². The third kappa shape index (κ3) is 4.87. The first kappa shape index (κ1) is 16.1. The van der Waals surface area contributed by atoms with E-state index >= 15 is 0 Å². The summed E-state index contributed by atoms with van der Waals surface area (Å²) < 4.78 is 24.2. The van der Waals surface area contributed by atoms with Gasteiger partial charge >= 0.3 is 0 Å². The van der Waals surface area contributed by atoms with Gasteiger partial charge in [0.25, 0.3) is 0 Å². The van der Waals surface area contributed by atoms with Gasteiger partial charge in [-0.25, -0.2) is 0 Å².